The van der Waals surface area contributed by atoms with E-state index in [1.807, 2.05) is 37.3 Å². The van der Waals surface area contributed by atoms with Crippen LogP contribution in [0.2, 0.25) is 0 Å². The summed E-state index contributed by atoms with van der Waals surface area (Å²) >= 11 is 1.47. The molecule has 6 nitrogen and oxygen atoms in total. The molecule has 1 aliphatic rings. The van der Waals surface area contributed by atoms with E-state index < -0.39 is 0 Å². The van der Waals surface area contributed by atoms with Gasteiger partial charge >= 0.3 is 0 Å². The van der Waals surface area contributed by atoms with Crippen LogP contribution >= 0.6 is 11.3 Å². The van der Waals surface area contributed by atoms with Crippen LogP contribution in [0.1, 0.15) is 5.56 Å². The molecule has 0 saturated carbocycles. The molecule has 1 aromatic heterocycles. The molecule has 1 saturated heterocycles. The lowest BCUT2D eigenvalue weighted by molar-refractivity contribution is -0.118. The van der Waals surface area contributed by atoms with Crippen molar-refractivity contribution in [1.29, 1.82) is 0 Å². The van der Waals surface area contributed by atoms with Crippen LogP contribution in [0.15, 0.2) is 42.5 Å². The van der Waals surface area contributed by atoms with Gasteiger partial charge in [-0.15, -0.1) is 0 Å². The Bertz CT molecular complexity index is 951. The fraction of sp³-hybridized carbons (Fsp3) is 0.300. The van der Waals surface area contributed by atoms with Gasteiger partial charge in [-0.25, -0.2) is 4.98 Å². The van der Waals surface area contributed by atoms with Crippen molar-refractivity contribution in [1.82, 2.24) is 4.98 Å². The van der Waals surface area contributed by atoms with E-state index in [-0.39, 0.29) is 12.5 Å². The topological polar surface area (TPSA) is 63.7 Å². The highest BCUT2D eigenvalue weighted by Crippen LogP contribution is 2.30. The van der Waals surface area contributed by atoms with Gasteiger partial charge in [0.15, 0.2) is 11.7 Å². The Morgan fingerprint density at radius 2 is 2.07 bits per heavy atom. The maximum absolute atomic E-state index is 12.2. The Hall–Kier alpha value is -2.64. The summed E-state index contributed by atoms with van der Waals surface area (Å²) in [6, 6.07) is 13.8. The number of benzene rings is 2. The molecular weight excluding hydrogens is 362 g/mol. The smallest absolute Gasteiger partial charge is 0.264 e. The van der Waals surface area contributed by atoms with Gasteiger partial charge in [-0.3, -0.25) is 10.1 Å². The third-order valence-electron chi connectivity index (χ3n) is 4.45. The number of fused-ring (bicyclic) bond motifs is 1. The molecule has 0 atom stereocenters. The summed E-state index contributed by atoms with van der Waals surface area (Å²) in [5, 5.41) is 3.42. The molecule has 2 aromatic carbocycles. The Morgan fingerprint density at radius 3 is 2.89 bits per heavy atom. The molecule has 0 unspecified atom stereocenters. The van der Waals surface area contributed by atoms with Gasteiger partial charge in [0, 0.05) is 18.8 Å². The summed E-state index contributed by atoms with van der Waals surface area (Å²) < 4.78 is 12.0. The third kappa shape index (κ3) is 4.20. The lowest BCUT2D eigenvalue weighted by atomic mass is 10.2. The van der Waals surface area contributed by atoms with Gasteiger partial charge in [-0.1, -0.05) is 29.5 Å². The average molecular weight is 383 g/mol. The highest BCUT2D eigenvalue weighted by Gasteiger charge is 2.14. The van der Waals surface area contributed by atoms with E-state index in [0.717, 1.165) is 47.8 Å². The second-order valence-corrected chi connectivity index (χ2v) is 7.40. The predicted octanol–water partition coefficient (Wildman–Crippen LogP) is 3.46. The number of nitrogens with zero attached hydrogens (tertiary/aromatic N) is 2. The second-order valence-electron chi connectivity index (χ2n) is 6.37. The largest absolute Gasteiger partial charge is 0.483 e. The quantitative estimate of drug-likeness (QED) is 0.731. The summed E-state index contributed by atoms with van der Waals surface area (Å²) in [6.45, 7) is 5.20. The van der Waals surface area contributed by atoms with Crippen molar-refractivity contribution >= 4 is 38.3 Å². The average Bonchev–Trinajstić information content (AvgIpc) is 3.09. The SMILES string of the molecule is Cc1ccccc1OCC(=O)Nc1nc2ccc(N3CCOCC3)cc2s1. The first-order valence-electron chi connectivity index (χ1n) is 8.90. The van der Waals surface area contributed by atoms with Crippen LogP contribution in [-0.4, -0.2) is 43.8 Å². The molecule has 0 spiro atoms. The highest BCUT2D eigenvalue weighted by molar-refractivity contribution is 7.22. The van der Waals surface area contributed by atoms with Crippen molar-refractivity contribution in [3.05, 3.63) is 48.0 Å². The number of carbonyl (C=O) groups is 1. The minimum atomic E-state index is -0.217. The standard InChI is InChI=1S/C20H21N3O3S/c1-14-4-2-3-5-17(14)26-13-19(24)22-20-21-16-7-6-15(12-18(16)27-20)23-8-10-25-11-9-23/h2-7,12H,8-11,13H2,1H3,(H,21,22,24). The van der Waals surface area contributed by atoms with E-state index in [4.69, 9.17) is 9.47 Å². The summed E-state index contributed by atoms with van der Waals surface area (Å²) in [5.41, 5.74) is 3.04. The number of morpholine rings is 1. The van der Waals surface area contributed by atoms with Gasteiger partial charge in [0.1, 0.15) is 5.75 Å². The number of aromatic nitrogens is 1. The number of ether oxygens (including phenoxy) is 2. The number of anilines is 2. The van der Waals surface area contributed by atoms with Crippen LogP contribution in [0.3, 0.4) is 0 Å². The molecule has 1 amide bonds. The van der Waals surface area contributed by atoms with Gasteiger partial charge in [0.05, 0.1) is 23.4 Å². The van der Waals surface area contributed by atoms with Crippen molar-refractivity contribution in [2.45, 2.75) is 6.92 Å². The zero-order valence-electron chi connectivity index (χ0n) is 15.1. The van der Waals surface area contributed by atoms with Crippen molar-refractivity contribution in [3.8, 4) is 5.75 Å². The minimum Gasteiger partial charge on any atom is -0.483 e. The number of amides is 1. The number of nitrogens with one attached hydrogen (secondary N) is 1. The van der Waals surface area contributed by atoms with Crippen molar-refractivity contribution in [3.63, 3.8) is 0 Å². The summed E-state index contributed by atoms with van der Waals surface area (Å²) in [5.74, 6) is 0.498. The van der Waals surface area contributed by atoms with Crippen LogP contribution in [0.5, 0.6) is 5.75 Å². The van der Waals surface area contributed by atoms with Crippen LogP contribution in [0, 0.1) is 6.92 Å². The lowest BCUT2D eigenvalue weighted by Gasteiger charge is -2.28. The van der Waals surface area contributed by atoms with E-state index in [1.165, 1.54) is 11.3 Å². The van der Waals surface area contributed by atoms with Crippen LogP contribution < -0.4 is 15.0 Å². The molecule has 7 heteroatoms. The molecule has 1 fully saturated rings. The summed E-state index contributed by atoms with van der Waals surface area (Å²) in [7, 11) is 0. The summed E-state index contributed by atoms with van der Waals surface area (Å²) in [4.78, 5) is 19.0. The minimum absolute atomic E-state index is 0.0419. The Balaban J connectivity index is 1.41. The molecule has 4 rings (SSSR count). The van der Waals surface area contributed by atoms with Crippen LogP contribution in [0.25, 0.3) is 10.2 Å². The molecule has 0 radical (unpaired) electrons. The van der Waals surface area contributed by atoms with E-state index in [1.54, 1.807) is 0 Å². The normalized spacial score (nSPS) is 14.3. The number of hydrogen-bond donors (Lipinski definition) is 1. The lowest BCUT2D eigenvalue weighted by Crippen LogP contribution is -2.36. The van der Waals surface area contributed by atoms with Gasteiger partial charge in [0.25, 0.3) is 5.91 Å². The molecular formula is C20H21N3O3S. The fourth-order valence-electron chi connectivity index (χ4n) is 3.00. The number of carbonyl (C=O) groups excluding carboxylic acids is 1. The van der Waals surface area contributed by atoms with E-state index in [9.17, 15) is 4.79 Å². The molecule has 1 aliphatic heterocycles. The number of hydrogen-bond acceptors (Lipinski definition) is 6. The maximum Gasteiger partial charge on any atom is 0.264 e. The van der Waals surface area contributed by atoms with E-state index in [0.29, 0.717) is 10.9 Å². The molecule has 1 N–H and O–H groups in total. The van der Waals surface area contributed by atoms with Gasteiger partial charge in [-0.2, -0.15) is 0 Å². The fourth-order valence-corrected chi connectivity index (χ4v) is 3.92. The molecule has 2 heterocycles. The molecule has 3 aromatic rings. The monoisotopic (exact) mass is 383 g/mol. The number of rotatable bonds is 5. The molecule has 27 heavy (non-hydrogen) atoms. The Morgan fingerprint density at radius 1 is 1.26 bits per heavy atom. The van der Waals surface area contributed by atoms with E-state index >= 15 is 0 Å². The summed E-state index contributed by atoms with van der Waals surface area (Å²) in [6.07, 6.45) is 0. The molecule has 0 aliphatic carbocycles. The maximum atomic E-state index is 12.2. The first-order valence-corrected chi connectivity index (χ1v) is 9.72. The predicted molar refractivity (Wildman–Crippen MR) is 108 cm³/mol. The first-order chi connectivity index (χ1) is 13.2. The number of para-hydroxylation sites is 1. The third-order valence-corrected chi connectivity index (χ3v) is 5.38. The molecule has 0 bridgehead atoms. The second kappa shape index (κ2) is 7.94. The highest BCUT2D eigenvalue weighted by atomic mass is 32.1. The zero-order valence-corrected chi connectivity index (χ0v) is 15.9. The van der Waals surface area contributed by atoms with Gasteiger partial charge in [-0.05, 0) is 36.8 Å². The van der Waals surface area contributed by atoms with Gasteiger partial charge < -0.3 is 14.4 Å². The Labute approximate surface area is 161 Å². The van der Waals surface area contributed by atoms with Crippen LogP contribution in [-0.2, 0) is 9.53 Å². The number of thiazole rings is 1. The van der Waals surface area contributed by atoms with E-state index in [2.05, 4.69) is 27.3 Å². The zero-order chi connectivity index (χ0) is 18.6. The van der Waals surface area contributed by atoms with Crippen molar-refractivity contribution in [2.75, 3.05) is 43.1 Å². The van der Waals surface area contributed by atoms with Crippen molar-refractivity contribution < 1.29 is 14.3 Å². The van der Waals surface area contributed by atoms with Gasteiger partial charge in [0.2, 0.25) is 0 Å². The number of aryl methyl sites for hydroxylation is 1. The Kier molecular flexibility index (Phi) is 5.22. The first kappa shape index (κ1) is 17.8. The van der Waals surface area contributed by atoms with Crippen LogP contribution in [0.4, 0.5) is 10.8 Å². The molecule has 140 valence electrons. The van der Waals surface area contributed by atoms with Crippen molar-refractivity contribution in [2.24, 2.45) is 0 Å².